The number of benzene rings is 1. The second-order valence-electron chi connectivity index (χ2n) is 9.87. The molecule has 1 atom stereocenters. The van der Waals surface area contributed by atoms with Crippen LogP contribution < -0.4 is 10.1 Å². The minimum atomic E-state index is -1.00. The molecule has 1 aromatic carbocycles. The molecule has 4 rings (SSSR count). The highest BCUT2D eigenvalue weighted by Gasteiger charge is 2.48. The number of nitrogens with zero attached hydrogens (tertiary/aromatic N) is 4. The minimum absolute atomic E-state index is 0.0877. The summed E-state index contributed by atoms with van der Waals surface area (Å²) in [6.45, 7) is 5.92. The first-order chi connectivity index (χ1) is 16.3. The number of carbonyl (C=O) groups excluding carboxylic acids is 2. The van der Waals surface area contributed by atoms with Crippen LogP contribution in [0.5, 0.6) is 5.75 Å². The van der Waals surface area contributed by atoms with E-state index in [-0.39, 0.29) is 17.9 Å². The van der Waals surface area contributed by atoms with Gasteiger partial charge in [-0.25, -0.2) is 0 Å². The topological polar surface area (TPSA) is 79.7 Å². The maximum Gasteiger partial charge on any atom is 0.273 e. The first-order valence-electron chi connectivity index (χ1n) is 12.4. The first-order valence-corrected chi connectivity index (χ1v) is 12.4. The van der Waals surface area contributed by atoms with Gasteiger partial charge >= 0.3 is 0 Å². The fraction of sp³-hybridized carbons (Fsp3) is 0.577. The van der Waals surface area contributed by atoms with Crippen molar-refractivity contribution >= 4 is 11.8 Å². The summed E-state index contributed by atoms with van der Waals surface area (Å²) in [7, 11) is 3.95. The van der Waals surface area contributed by atoms with E-state index in [0.717, 1.165) is 42.7 Å². The van der Waals surface area contributed by atoms with Crippen molar-refractivity contribution in [3.63, 3.8) is 0 Å². The number of rotatable bonds is 8. The van der Waals surface area contributed by atoms with Crippen molar-refractivity contribution in [1.29, 1.82) is 0 Å². The number of ether oxygens (including phenoxy) is 1. The molecule has 2 heterocycles. The number of carbonyl (C=O) groups is 2. The number of hydrogen-bond donors (Lipinski definition) is 1. The maximum absolute atomic E-state index is 13.7. The highest BCUT2D eigenvalue weighted by atomic mass is 16.5. The largest absolute Gasteiger partial charge is 0.494 e. The molecule has 1 N–H and O–H groups in total. The van der Waals surface area contributed by atoms with Crippen LogP contribution in [0.25, 0.3) is 11.3 Å². The van der Waals surface area contributed by atoms with Gasteiger partial charge in [-0.2, -0.15) is 5.10 Å². The normalized spacial score (nSPS) is 21.0. The Labute approximate surface area is 202 Å². The minimum Gasteiger partial charge on any atom is -0.494 e. The van der Waals surface area contributed by atoms with E-state index in [9.17, 15) is 9.59 Å². The van der Waals surface area contributed by atoms with E-state index in [1.54, 1.807) is 9.58 Å². The Morgan fingerprint density at radius 1 is 1.21 bits per heavy atom. The van der Waals surface area contributed by atoms with Gasteiger partial charge in [0.15, 0.2) is 0 Å². The van der Waals surface area contributed by atoms with E-state index >= 15 is 0 Å². The van der Waals surface area contributed by atoms with E-state index in [1.807, 2.05) is 63.2 Å². The zero-order valence-electron chi connectivity index (χ0n) is 20.8. The molecule has 1 aliphatic carbocycles. The molecular weight excluding hydrogens is 430 g/mol. The van der Waals surface area contributed by atoms with Gasteiger partial charge in [0.25, 0.3) is 5.91 Å². The number of likely N-dealkylation sites (N-methyl/N-ethyl adjacent to an activating group) is 1. The van der Waals surface area contributed by atoms with Crippen molar-refractivity contribution in [2.24, 2.45) is 0 Å². The number of fused-ring (bicyclic) bond motifs is 1. The monoisotopic (exact) mass is 467 g/mol. The third-order valence-electron chi connectivity index (χ3n) is 6.96. The van der Waals surface area contributed by atoms with Gasteiger partial charge in [0.1, 0.15) is 17.0 Å². The standard InChI is InChI=1S/C26H37N5O3/c1-5-34-21-13-11-19(12-14-21)22-17-23-24(32)30(16-15-29(3)4)26(2,18-31(23)28-22)25(33)27-20-9-7-6-8-10-20/h11-14,17,20H,5-10,15-16,18H2,1-4H3,(H,27,33). The third-order valence-corrected chi connectivity index (χ3v) is 6.96. The summed E-state index contributed by atoms with van der Waals surface area (Å²) in [5.41, 5.74) is 1.15. The third kappa shape index (κ3) is 4.97. The summed E-state index contributed by atoms with van der Waals surface area (Å²) in [6, 6.07) is 9.72. The molecule has 2 aromatic rings. The number of aromatic nitrogens is 2. The van der Waals surface area contributed by atoms with Crippen LogP contribution in [0.15, 0.2) is 30.3 Å². The number of hydrogen-bond acceptors (Lipinski definition) is 5. The SMILES string of the molecule is CCOc1ccc(-c2cc3n(n2)CC(C)(C(=O)NC2CCCCC2)N(CCN(C)C)C3=O)cc1. The molecular formula is C26H37N5O3. The molecule has 1 fully saturated rings. The smallest absolute Gasteiger partial charge is 0.273 e. The molecule has 1 aliphatic heterocycles. The van der Waals surface area contributed by atoms with Crippen LogP contribution in [-0.4, -0.2) is 76.8 Å². The maximum atomic E-state index is 13.7. The summed E-state index contributed by atoms with van der Waals surface area (Å²) in [4.78, 5) is 31.0. The van der Waals surface area contributed by atoms with Gasteiger partial charge < -0.3 is 19.9 Å². The highest BCUT2D eigenvalue weighted by molar-refractivity contribution is 6.00. The molecule has 8 nitrogen and oxygen atoms in total. The molecule has 1 aromatic heterocycles. The first kappa shape index (κ1) is 24.3. The van der Waals surface area contributed by atoms with E-state index in [4.69, 9.17) is 9.84 Å². The van der Waals surface area contributed by atoms with Crippen molar-refractivity contribution in [2.45, 2.75) is 64.1 Å². The van der Waals surface area contributed by atoms with Gasteiger partial charge in [-0.3, -0.25) is 14.3 Å². The van der Waals surface area contributed by atoms with Crippen molar-refractivity contribution in [1.82, 2.24) is 24.9 Å². The Balaban J connectivity index is 1.63. The molecule has 0 saturated heterocycles. The molecule has 2 amide bonds. The molecule has 184 valence electrons. The predicted molar refractivity (Wildman–Crippen MR) is 132 cm³/mol. The van der Waals surface area contributed by atoms with Crippen molar-refractivity contribution in [3.05, 3.63) is 36.0 Å². The lowest BCUT2D eigenvalue weighted by Crippen LogP contribution is -2.65. The molecule has 8 heteroatoms. The summed E-state index contributed by atoms with van der Waals surface area (Å²) < 4.78 is 7.25. The molecule has 0 radical (unpaired) electrons. The Kier molecular flexibility index (Phi) is 7.26. The zero-order chi connectivity index (χ0) is 24.3. The van der Waals surface area contributed by atoms with Gasteiger partial charge in [-0.05, 0) is 71.1 Å². The summed E-state index contributed by atoms with van der Waals surface area (Å²) >= 11 is 0. The highest BCUT2D eigenvalue weighted by Crippen LogP contribution is 2.31. The molecule has 2 aliphatic rings. The van der Waals surface area contributed by atoms with E-state index in [1.165, 1.54) is 6.42 Å². The lowest BCUT2D eigenvalue weighted by molar-refractivity contribution is -0.134. The van der Waals surface area contributed by atoms with Gasteiger partial charge in [-0.15, -0.1) is 0 Å². The average molecular weight is 468 g/mol. The fourth-order valence-corrected chi connectivity index (χ4v) is 4.91. The Morgan fingerprint density at radius 3 is 2.56 bits per heavy atom. The summed E-state index contributed by atoms with van der Waals surface area (Å²) in [5, 5.41) is 7.99. The van der Waals surface area contributed by atoms with Crippen molar-refractivity contribution < 1.29 is 14.3 Å². The Bertz CT molecular complexity index is 1010. The van der Waals surface area contributed by atoms with Gasteiger partial charge in [-0.1, -0.05) is 19.3 Å². The molecule has 0 bridgehead atoms. The van der Waals surface area contributed by atoms with Crippen molar-refractivity contribution in [3.8, 4) is 17.0 Å². The van der Waals surface area contributed by atoms with E-state index < -0.39 is 5.54 Å². The molecule has 34 heavy (non-hydrogen) atoms. The van der Waals surface area contributed by atoms with Crippen LogP contribution in [-0.2, 0) is 11.3 Å². The lowest BCUT2D eigenvalue weighted by Gasteiger charge is -2.44. The predicted octanol–water partition coefficient (Wildman–Crippen LogP) is 3.17. The second-order valence-corrected chi connectivity index (χ2v) is 9.87. The van der Waals surface area contributed by atoms with Gasteiger partial charge in [0.2, 0.25) is 5.91 Å². The van der Waals surface area contributed by atoms with E-state index in [0.29, 0.717) is 31.9 Å². The van der Waals surface area contributed by atoms with Crippen LogP contribution in [0.3, 0.4) is 0 Å². The van der Waals surface area contributed by atoms with Gasteiger partial charge in [0.05, 0.1) is 18.8 Å². The van der Waals surface area contributed by atoms with Crippen LogP contribution in [0, 0.1) is 0 Å². The van der Waals surface area contributed by atoms with Gasteiger partial charge in [0, 0.05) is 24.7 Å². The van der Waals surface area contributed by atoms with Crippen LogP contribution in [0.4, 0.5) is 0 Å². The fourth-order valence-electron chi connectivity index (χ4n) is 4.91. The molecule has 1 saturated carbocycles. The number of amides is 2. The molecule has 1 unspecified atom stereocenters. The summed E-state index contributed by atoms with van der Waals surface area (Å²) in [5.74, 6) is 0.558. The van der Waals surface area contributed by atoms with Crippen LogP contribution in [0.1, 0.15) is 56.4 Å². The quantitative estimate of drug-likeness (QED) is 0.645. The Morgan fingerprint density at radius 2 is 1.91 bits per heavy atom. The average Bonchev–Trinajstić information content (AvgIpc) is 3.24. The number of nitrogens with one attached hydrogen (secondary N) is 1. The van der Waals surface area contributed by atoms with E-state index in [2.05, 4.69) is 5.32 Å². The Hall–Kier alpha value is -2.87. The molecule has 0 spiro atoms. The zero-order valence-corrected chi connectivity index (χ0v) is 20.8. The van der Waals surface area contributed by atoms with Crippen LogP contribution in [0.2, 0.25) is 0 Å². The lowest BCUT2D eigenvalue weighted by atomic mass is 9.91. The second kappa shape index (κ2) is 10.2. The summed E-state index contributed by atoms with van der Waals surface area (Å²) in [6.07, 6.45) is 5.51. The van der Waals surface area contributed by atoms with Crippen LogP contribution >= 0.6 is 0 Å². The van der Waals surface area contributed by atoms with Crippen molar-refractivity contribution in [2.75, 3.05) is 33.8 Å².